The van der Waals surface area contributed by atoms with Crippen LogP contribution in [0.1, 0.15) is 5.82 Å². The summed E-state index contributed by atoms with van der Waals surface area (Å²) in [5.74, 6) is 1.52. The fourth-order valence-electron chi connectivity index (χ4n) is 1.59. The molecule has 0 aliphatic rings. The molecule has 5 heteroatoms. The Morgan fingerprint density at radius 3 is 2.33 bits per heavy atom. The van der Waals surface area contributed by atoms with Gasteiger partial charge in [0.25, 0.3) is 0 Å². The topological polar surface area (TPSA) is 41.1 Å². The number of anilines is 3. The van der Waals surface area contributed by atoms with Crippen LogP contribution in [0, 0.1) is 6.92 Å². The van der Waals surface area contributed by atoms with Gasteiger partial charge in [-0.25, -0.2) is 9.97 Å². The maximum Gasteiger partial charge on any atom is 0.135 e. The van der Waals surface area contributed by atoms with Gasteiger partial charge in [0.1, 0.15) is 16.2 Å². The van der Waals surface area contributed by atoms with Crippen molar-refractivity contribution in [3.63, 3.8) is 0 Å². The van der Waals surface area contributed by atoms with Crippen LogP contribution in [0.5, 0.6) is 0 Å². The van der Waals surface area contributed by atoms with E-state index in [0.717, 1.165) is 21.9 Å². The summed E-state index contributed by atoms with van der Waals surface area (Å²) < 4.78 is 0.780. The lowest BCUT2D eigenvalue weighted by Crippen LogP contribution is -2.08. The first kappa shape index (κ1) is 12.8. The van der Waals surface area contributed by atoms with Crippen LogP contribution in [0.25, 0.3) is 0 Å². The van der Waals surface area contributed by atoms with Crippen molar-refractivity contribution in [2.45, 2.75) is 6.92 Å². The molecule has 1 heterocycles. The fraction of sp³-hybridized carbons (Fsp3) is 0.231. The molecule has 2 aromatic rings. The highest BCUT2D eigenvalue weighted by molar-refractivity contribution is 9.10. The normalized spacial score (nSPS) is 10.2. The van der Waals surface area contributed by atoms with Gasteiger partial charge in [-0.2, -0.15) is 0 Å². The Balaban J connectivity index is 2.18. The van der Waals surface area contributed by atoms with Crippen LogP contribution in [-0.2, 0) is 0 Å². The van der Waals surface area contributed by atoms with Crippen LogP contribution >= 0.6 is 15.9 Å². The molecule has 18 heavy (non-hydrogen) atoms. The van der Waals surface area contributed by atoms with E-state index in [9.17, 15) is 0 Å². The van der Waals surface area contributed by atoms with E-state index in [2.05, 4.69) is 48.2 Å². The molecule has 0 radical (unpaired) electrons. The van der Waals surface area contributed by atoms with Gasteiger partial charge in [-0.3, -0.25) is 0 Å². The van der Waals surface area contributed by atoms with E-state index in [0.29, 0.717) is 0 Å². The van der Waals surface area contributed by atoms with Gasteiger partial charge in [0.05, 0.1) is 0 Å². The highest BCUT2D eigenvalue weighted by atomic mass is 79.9. The Labute approximate surface area is 115 Å². The average Bonchev–Trinajstić information content (AvgIpc) is 2.28. The van der Waals surface area contributed by atoms with E-state index in [-0.39, 0.29) is 0 Å². The molecule has 0 saturated heterocycles. The van der Waals surface area contributed by atoms with Crippen LogP contribution in [0.3, 0.4) is 0 Å². The minimum atomic E-state index is 0.733. The first-order valence-electron chi connectivity index (χ1n) is 5.60. The first-order valence-corrected chi connectivity index (χ1v) is 6.39. The second kappa shape index (κ2) is 5.35. The maximum atomic E-state index is 4.32. The first-order chi connectivity index (χ1) is 8.54. The van der Waals surface area contributed by atoms with E-state index < -0.39 is 0 Å². The molecule has 2 rings (SSSR count). The van der Waals surface area contributed by atoms with E-state index >= 15 is 0 Å². The molecule has 0 saturated carbocycles. The Morgan fingerprint density at radius 2 is 1.78 bits per heavy atom. The largest absolute Gasteiger partial charge is 0.378 e. The predicted octanol–water partition coefficient (Wildman–Crippen LogP) is 3.36. The summed E-state index contributed by atoms with van der Waals surface area (Å²) in [6.07, 6.45) is 0. The Morgan fingerprint density at radius 1 is 1.11 bits per heavy atom. The van der Waals surface area contributed by atoms with Crippen molar-refractivity contribution < 1.29 is 0 Å². The zero-order valence-corrected chi connectivity index (χ0v) is 12.2. The molecule has 0 spiro atoms. The fourth-order valence-corrected chi connectivity index (χ4v) is 2.06. The molecule has 0 amide bonds. The van der Waals surface area contributed by atoms with Gasteiger partial charge in [0, 0.05) is 31.5 Å². The number of hydrogen-bond acceptors (Lipinski definition) is 4. The molecule has 0 atom stereocenters. The lowest BCUT2D eigenvalue weighted by molar-refractivity contribution is 1.04. The number of aromatic nitrogens is 2. The van der Waals surface area contributed by atoms with E-state index in [1.54, 1.807) is 0 Å². The quantitative estimate of drug-likeness (QED) is 0.883. The second-order valence-electron chi connectivity index (χ2n) is 4.19. The van der Waals surface area contributed by atoms with Crippen molar-refractivity contribution in [3.05, 3.63) is 40.8 Å². The third kappa shape index (κ3) is 3.20. The van der Waals surface area contributed by atoms with Gasteiger partial charge in [-0.1, -0.05) is 0 Å². The van der Waals surface area contributed by atoms with Crippen molar-refractivity contribution in [3.8, 4) is 0 Å². The van der Waals surface area contributed by atoms with E-state index in [1.807, 2.05) is 39.2 Å². The molecule has 0 bridgehead atoms. The number of aryl methyl sites for hydroxylation is 1. The van der Waals surface area contributed by atoms with Crippen molar-refractivity contribution in [2.75, 3.05) is 24.3 Å². The van der Waals surface area contributed by atoms with Crippen LogP contribution in [0.4, 0.5) is 17.2 Å². The molecule has 0 aliphatic carbocycles. The standard InChI is InChI=1S/C13H15BrN4/c1-9-15-12(14)8-13(16-9)17-10-4-6-11(7-5-10)18(2)3/h4-8H,1-3H3,(H,15,16,17). The summed E-state index contributed by atoms with van der Waals surface area (Å²) in [5.41, 5.74) is 2.17. The Kier molecular flexibility index (Phi) is 3.81. The van der Waals surface area contributed by atoms with Crippen molar-refractivity contribution >= 4 is 33.1 Å². The average molecular weight is 307 g/mol. The van der Waals surface area contributed by atoms with E-state index in [4.69, 9.17) is 0 Å². The molecule has 1 aromatic heterocycles. The number of benzene rings is 1. The zero-order chi connectivity index (χ0) is 13.1. The lowest BCUT2D eigenvalue weighted by atomic mass is 10.2. The van der Waals surface area contributed by atoms with Gasteiger partial charge < -0.3 is 10.2 Å². The van der Waals surface area contributed by atoms with Crippen LogP contribution in [0.15, 0.2) is 34.9 Å². The molecule has 1 aromatic carbocycles. The van der Waals surface area contributed by atoms with Crippen molar-refractivity contribution in [2.24, 2.45) is 0 Å². The zero-order valence-electron chi connectivity index (χ0n) is 10.6. The predicted molar refractivity (Wildman–Crippen MR) is 78.5 cm³/mol. The minimum absolute atomic E-state index is 0.733. The number of halogens is 1. The maximum absolute atomic E-state index is 4.32. The lowest BCUT2D eigenvalue weighted by Gasteiger charge is -2.13. The van der Waals surface area contributed by atoms with Gasteiger partial charge in [0.15, 0.2) is 0 Å². The molecule has 0 fully saturated rings. The van der Waals surface area contributed by atoms with Gasteiger partial charge in [-0.05, 0) is 47.1 Å². The van der Waals surface area contributed by atoms with Gasteiger partial charge in [0.2, 0.25) is 0 Å². The Bertz CT molecular complexity index is 517. The highest BCUT2D eigenvalue weighted by Crippen LogP contribution is 2.20. The van der Waals surface area contributed by atoms with Crippen LogP contribution < -0.4 is 10.2 Å². The third-order valence-corrected chi connectivity index (χ3v) is 2.87. The number of nitrogens with one attached hydrogen (secondary N) is 1. The molecular formula is C13H15BrN4. The molecule has 94 valence electrons. The number of rotatable bonds is 3. The molecule has 1 N–H and O–H groups in total. The molecule has 0 unspecified atom stereocenters. The second-order valence-corrected chi connectivity index (χ2v) is 5.00. The summed E-state index contributed by atoms with van der Waals surface area (Å²) in [4.78, 5) is 10.6. The summed E-state index contributed by atoms with van der Waals surface area (Å²) in [6.45, 7) is 1.87. The third-order valence-electron chi connectivity index (χ3n) is 2.46. The monoisotopic (exact) mass is 306 g/mol. The molecule has 4 nitrogen and oxygen atoms in total. The van der Waals surface area contributed by atoms with Gasteiger partial charge >= 0.3 is 0 Å². The summed E-state index contributed by atoms with van der Waals surface area (Å²) in [6, 6.07) is 10.0. The van der Waals surface area contributed by atoms with E-state index in [1.165, 1.54) is 5.69 Å². The summed E-state index contributed by atoms with van der Waals surface area (Å²) in [7, 11) is 4.04. The number of hydrogen-bond donors (Lipinski definition) is 1. The van der Waals surface area contributed by atoms with Crippen molar-refractivity contribution in [1.29, 1.82) is 0 Å². The highest BCUT2D eigenvalue weighted by Gasteiger charge is 2.01. The smallest absolute Gasteiger partial charge is 0.135 e. The van der Waals surface area contributed by atoms with Crippen LogP contribution in [-0.4, -0.2) is 24.1 Å². The molecule has 0 aliphatic heterocycles. The number of nitrogens with zero attached hydrogens (tertiary/aromatic N) is 3. The summed E-state index contributed by atoms with van der Waals surface area (Å²) >= 11 is 3.36. The van der Waals surface area contributed by atoms with Crippen LogP contribution in [0.2, 0.25) is 0 Å². The van der Waals surface area contributed by atoms with Gasteiger partial charge in [-0.15, -0.1) is 0 Å². The summed E-state index contributed by atoms with van der Waals surface area (Å²) in [5, 5.41) is 3.25. The SMILES string of the molecule is Cc1nc(Br)cc(Nc2ccc(N(C)C)cc2)n1. The minimum Gasteiger partial charge on any atom is -0.378 e. The van der Waals surface area contributed by atoms with Crippen molar-refractivity contribution in [1.82, 2.24) is 9.97 Å². The Hall–Kier alpha value is -1.62. The molecular weight excluding hydrogens is 292 g/mol.